The van der Waals surface area contributed by atoms with Gasteiger partial charge < -0.3 is 20.5 Å². The minimum atomic E-state index is -0.00184. The molecule has 0 aliphatic carbocycles. The number of aryl methyl sites for hydroxylation is 1. The minimum Gasteiger partial charge on any atom is -0.508 e. The Kier molecular flexibility index (Phi) is 6.92. The highest BCUT2D eigenvalue weighted by atomic mass is 16.5. The third-order valence-corrected chi connectivity index (χ3v) is 2.71. The van der Waals surface area contributed by atoms with Crippen molar-refractivity contribution < 1.29 is 14.6 Å². The van der Waals surface area contributed by atoms with Gasteiger partial charge in [-0.1, -0.05) is 17.7 Å². The van der Waals surface area contributed by atoms with Gasteiger partial charge in [-0.05, 0) is 13.0 Å². The van der Waals surface area contributed by atoms with Gasteiger partial charge in [-0.15, -0.1) is 0 Å². The summed E-state index contributed by atoms with van der Waals surface area (Å²) in [5.74, 6) is 0.278. The van der Waals surface area contributed by atoms with Crippen LogP contribution in [0.5, 0.6) is 5.75 Å². The summed E-state index contributed by atoms with van der Waals surface area (Å²) in [7, 11) is 1.60. The average Bonchev–Trinajstić information content (AvgIpc) is 2.39. The van der Waals surface area contributed by atoms with Crippen LogP contribution in [-0.4, -0.2) is 37.8 Å². The Labute approximate surface area is 114 Å². The van der Waals surface area contributed by atoms with Gasteiger partial charge in [0.25, 0.3) is 0 Å². The molecular formula is C14H22N2O3. The lowest BCUT2D eigenvalue weighted by molar-refractivity contribution is -0.121. The number of nitrogens with one attached hydrogen (secondary N) is 2. The quantitative estimate of drug-likeness (QED) is 0.613. The highest BCUT2D eigenvalue weighted by Crippen LogP contribution is 2.17. The third-order valence-electron chi connectivity index (χ3n) is 2.71. The Hall–Kier alpha value is -1.59. The number of carbonyl (C=O) groups is 1. The van der Waals surface area contributed by atoms with E-state index in [-0.39, 0.29) is 11.7 Å². The lowest BCUT2D eigenvalue weighted by Gasteiger charge is -2.08. The molecule has 3 N–H and O–H groups in total. The number of amides is 1. The second-order valence-electron chi connectivity index (χ2n) is 4.40. The first-order valence-electron chi connectivity index (χ1n) is 6.38. The molecule has 0 atom stereocenters. The predicted octanol–water partition coefficient (Wildman–Crippen LogP) is 0.943. The van der Waals surface area contributed by atoms with Gasteiger partial charge in [-0.3, -0.25) is 4.79 Å². The molecule has 0 fully saturated rings. The Morgan fingerprint density at radius 3 is 2.89 bits per heavy atom. The molecule has 0 unspecified atom stereocenters. The molecule has 5 nitrogen and oxygen atoms in total. The highest BCUT2D eigenvalue weighted by Gasteiger charge is 2.02. The number of ether oxygens (including phenoxy) is 1. The van der Waals surface area contributed by atoms with E-state index >= 15 is 0 Å². The topological polar surface area (TPSA) is 70.6 Å². The lowest BCUT2D eigenvalue weighted by atomic mass is 10.1. The number of carbonyl (C=O) groups excluding carboxylic acids is 1. The van der Waals surface area contributed by atoms with E-state index in [1.807, 2.05) is 19.1 Å². The standard InChI is InChI=1S/C14H22N2O3/c1-11-3-4-13(17)12(9-11)10-15-6-5-14(18)16-7-8-19-2/h3-4,9,15,17H,5-8,10H2,1-2H3,(H,16,18). The van der Waals surface area contributed by atoms with Crippen LogP contribution in [0, 0.1) is 6.92 Å². The molecule has 0 spiro atoms. The number of aromatic hydroxyl groups is 1. The van der Waals surface area contributed by atoms with Crippen molar-refractivity contribution in [3.63, 3.8) is 0 Å². The van der Waals surface area contributed by atoms with Crippen LogP contribution in [0.2, 0.25) is 0 Å². The summed E-state index contributed by atoms with van der Waals surface area (Å²) in [5, 5.41) is 15.5. The zero-order valence-electron chi connectivity index (χ0n) is 11.5. The van der Waals surface area contributed by atoms with Crippen LogP contribution in [-0.2, 0) is 16.1 Å². The van der Waals surface area contributed by atoms with Crippen LogP contribution in [0.3, 0.4) is 0 Å². The number of benzene rings is 1. The van der Waals surface area contributed by atoms with Crippen LogP contribution in [0.15, 0.2) is 18.2 Å². The van der Waals surface area contributed by atoms with Crippen molar-refractivity contribution in [2.75, 3.05) is 26.8 Å². The summed E-state index contributed by atoms with van der Waals surface area (Å²) in [6.45, 7) is 4.17. The molecule has 1 amide bonds. The summed E-state index contributed by atoms with van der Waals surface area (Å²) in [6, 6.07) is 5.48. The van der Waals surface area contributed by atoms with Gasteiger partial charge in [-0.25, -0.2) is 0 Å². The van der Waals surface area contributed by atoms with E-state index in [1.54, 1.807) is 13.2 Å². The van der Waals surface area contributed by atoms with Crippen molar-refractivity contribution >= 4 is 5.91 Å². The lowest BCUT2D eigenvalue weighted by Crippen LogP contribution is -2.29. The molecule has 1 aromatic rings. The van der Waals surface area contributed by atoms with Gasteiger partial charge >= 0.3 is 0 Å². The van der Waals surface area contributed by atoms with Gasteiger partial charge in [0.1, 0.15) is 5.75 Å². The van der Waals surface area contributed by atoms with Gasteiger partial charge in [0.05, 0.1) is 6.61 Å². The highest BCUT2D eigenvalue weighted by molar-refractivity contribution is 5.76. The molecule has 106 valence electrons. The Bertz CT molecular complexity index is 408. The molecule has 0 heterocycles. The largest absolute Gasteiger partial charge is 0.508 e. The van der Waals surface area contributed by atoms with Crippen LogP contribution >= 0.6 is 0 Å². The number of hydrogen-bond donors (Lipinski definition) is 3. The van der Waals surface area contributed by atoms with Gasteiger partial charge in [0.2, 0.25) is 5.91 Å². The zero-order chi connectivity index (χ0) is 14.1. The number of phenols is 1. The minimum absolute atomic E-state index is 0.00184. The fraction of sp³-hybridized carbons (Fsp3) is 0.500. The molecular weight excluding hydrogens is 244 g/mol. The Morgan fingerprint density at radius 1 is 1.37 bits per heavy atom. The maximum Gasteiger partial charge on any atom is 0.221 e. The second kappa shape index (κ2) is 8.50. The monoisotopic (exact) mass is 266 g/mol. The predicted molar refractivity (Wildman–Crippen MR) is 74.1 cm³/mol. The van der Waals surface area contributed by atoms with Crippen LogP contribution in [0.25, 0.3) is 0 Å². The van der Waals surface area contributed by atoms with Crippen LogP contribution < -0.4 is 10.6 Å². The van der Waals surface area contributed by atoms with E-state index in [2.05, 4.69) is 10.6 Å². The van der Waals surface area contributed by atoms with Crippen molar-refractivity contribution in [3.8, 4) is 5.75 Å². The first-order valence-corrected chi connectivity index (χ1v) is 6.38. The van der Waals surface area contributed by atoms with Gasteiger partial charge in [0.15, 0.2) is 0 Å². The van der Waals surface area contributed by atoms with Crippen LogP contribution in [0.4, 0.5) is 0 Å². The number of rotatable bonds is 8. The van der Waals surface area contributed by atoms with Crippen molar-refractivity contribution in [3.05, 3.63) is 29.3 Å². The van der Waals surface area contributed by atoms with E-state index in [0.717, 1.165) is 11.1 Å². The number of methoxy groups -OCH3 is 1. The number of hydrogen-bond acceptors (Lipinski definition) is 4. The average molecular weight is 266 g/mol. The third kappa shape index (κ3) is 6.22. The van der Waals surface area contributed by atoms with Crippen molar-refractivity contribution in [2.24, 2.45) is 0 Å². The van der Waals surface area contributed by atoms with Crippen LogP contribution in [0.1, 0.15) is 17.5 Å². The van der Waals surface area contributed by atoms with E-state index in [9.17, 15) is 9.90 Å². The van der Waals surface area contributed by atoms with E-state index in [0.29, 0.717) is 32.7 Å². The van der Waals surface area contributed by atoms with Crippen molar-refractivity contribution in [2.45, 2.75) is 19.9 Å². The van der Waals surface area contributed by atoms with E-state index < -0.39 is 0 Å². The molecule has 0 saturated carbocycles. The summed E-state index contributed by atoms with van der Waals surface area (Å²) in [6.07, 6.45) is 0.413. The Balaban J connectivity index is 2.20. The zero-order valence-corrected chi connectivity index (χ0v) is 11.5. The summed E-state index contributed by atoms with van der Waals surface area (Å²) >= 11 is 0. The van der Waals surface area contributed by atoms with Gasteiger partial charge in [0, 0.05) is 38.7 Å². The fourth-order valence-corrected chi connectivity index (χ4v) is 1.66. The molecule has 0 radical (unpaired) electrons. The molecule has 1 rings (SSSR count). The Morgan fingerprint density at radius 2 is 2.16 bits per heavy atom. The van der Waals surface area contributed by atoms with Crippen molar-refractivity contribution in [1.82, 2.24) is 10.6 Å². The summed E-state index contributed by atoms with van der Waals surface area (Å²) in [5.41, 5.74) is 1.95. The first kappa shape index (κ1) is 15.5. The maximum atomic E-state index is 11.4. The molecule has 0 aliphatic rings. The SMILES string of the molecule is COCCNC(=O)CCNCc1cc(C)ccc1O. The van der Waals surface area contributed by atoms with Gasteiger partial charge in [-0.2, -0.15) is 0 Å². The smallest absolute Gasteiger partial charge is 0.221 e. The fourth-order valence-electron chi connectivity index (χ4n) is 1.66. The summed E-state index contributed by atoms with van der Waals surface area (Å²) < 4.78 is 4.84. The second-order valence-corrected chi connectivity index (χ2v) is 4.40. The molecule has 1 aromatic carbocycles. The van der Waals surface area contributed by atoms with E-state index in [4.69, 9.17) is 4.74 Å². The molecule has 5 heteroatoms. The molecule has 19 heavy (non-hydrogen) atoms. The molecule has 0 aliphatic heterocycles. The summed E-state index contributed by atoms with van der Waals surface area (Å²) in [4.78, 5) is 11.4. The molecule has 0 bridgehead atoms. The van der Waals surface area contributed by atoms with Crippen molar-refractivity contribution in [1.29, 1.82) is 0 Å². The molecule has 0 aromatic heterocycles. The molecule has 0 saturated heterocycles. The number of phenolic OH excluding ortho intramolecular Hbond substituents is 1. The normalized spacial score (nSPS) is 10.4. The van der Waals surface area contributed by atoms with E-state index in [1.165, 1.54) is 0 Å². The maximum absolute atomic E-state index is 11.4. The first-order chi connectivity index (χ1) is 9.13.